The fraction of sp³-hybridized carbons (Fsp3) is 0.500. The first-order valence-electron chi connectivity index (χ1n) is 4.31. The Morgan fingerprint density at radius 1 is 1.57 bits per heavy atom. The molecule has 0 aromatic carbocycles. The molecule has 1 saturated carbocycles. The molecule has 6 heteroatoms. The molecule has 0 amide bonds. The second kappa shape index (κ2) is 3.36. The maximum atomic E-state index is 12.2. The van der Waals surface area contributed by atoms with E-state index < -0.39 is 17.7 Å². The third-order valence-corrected chi connectivity index (χ3v) is 1.90. The number of halogens is 2. The average Bonchev–Trinajstić information content (AvgIpc) is 2.87. The molecule has 0 saturated heterocycles. The van der Waals surface area contributed by atoms with Crippen molar-refractivity contribution in [1.29, 1.82) is 0 Å². The lowest BCUT2D eigenvalue weighted by atomic mass is 10.4. The first-order chi connectivity index (χ1) is 6.65. The lowest BCUT2D eigenvalue weighted by Gasteiger charge is -2.04. The second-order valence-corrected chi connectivity index (χ2v) is 3.24. The molecule has 1 heterocycles. The quantitative estimate of drug-likeness (QED) is 0.774. The Morgan fingerprint density at radius 2 is 2.29 bits per heavy atom. The third-order valence-electron chi connectivity index (χ3n) is 1.90. The van der Waals surface area contributed by atoms with Crippen LogP contribution < -0.4 is 10.9 Å². The van der Waals surface area contributed by atoms with Crippen molar-refractivity contribution in [2.24, 2.45) is 0 Å². The van der Waals surface area contributed by atoms with Gasteiger partial charge in [0.15, 0.2) is 0 Å². The fourth-order valence-electron chi connectivity index (χ4n) is 1.08. The van der Waals surface area contributed by atoms with Gasteiger partial charge in [-0.2, -0.15) is 0 Å². The van der Waals surface area contributed by atoms with Crippen molar-refractivity contribution in [2.75, 3.05) is 5.32 Å². The van der Waals surface area contributed by atoms with Crippen LogP contribution in [0.1, 0.15) is 25.0 Å². The van der Waals surface area contributed by atoms with E-state index in [4.69, 9.17) is 0 Å². The van der Waals surface area contributed by atoms with Crippen LogP contribution in [0, 0.1) is 0 Å². The van der Waals surface area contributed by atoms with Crippen LogP contribution in [0.5, 0.6) is 0 Å². The summed E-state index contributed by atoms with van der Waals surface area (Å²) >= 11 is 0. The summed E-state index contributed by atoms with van der Waals surface area (Å²) in [6.07, 6.45) is -0.734. The molecule has 0 unspecified atom stereocenters. The zero-order valence-electron chi connectivity index (χ0n) is 7.26. The van der Waals surface area contributed by atoms with Gasteiger partial charge < -0.3 is 5.32 Å². The standard InChI is InChI=1S/C8H9F2N3O/c9-7(10)5-3-6(14)13-8(12-5)11-4-1-2-4/h3-4,7H,1-2H2,(H2,11,12,13,14). The van der Waals surface area contributed by atoms with Gasteiger partial charge >= 0.3 is 0 Å². The number of alkyl halides is 2. The van der Waals surface area contributed by atoms with E-state index in [-0.39, 0.29) is 12.0 Å². The molecule has 1 aromatic rings. The molecule has 4 nitrogen and oxygen atoms in total. The van der Waals surface area contributed by atoms with Gasteiger partial charge in [-0.1, -0.05) is 0 Å². The van der Waals surface area contributed by atoms with E-state index >= 15 is 0 Å². The maximum absolute atomic E-state index is 12.2. The Hall–Kier alpha value is -1.46. The molecule has 2 N–H and O–H groups in total. The highest BCUT2D eigenvalue weighted by atomic mass is 19.3. The summed E-state index contributed by atoms with van der Waals surface area (Å²) < 4.78 is 24.5. The van der Waals surface area contributed by atoms with E-state index in [2.05, 4.69) is 15.3 Å². The van der Waals surface area contributed by atoms with Crippen molar-refractivity contribution in [3.8, 4) is 0 Å². The van der Waals surface area contributed by atoms with Gasteiger partial charge in [-0.25, -0.2) is 13.8 Å². The number of H-pyrrole nitrogens is 1. The average molecular weight is 201 g/mol. The van der Waals surface area contributed by atoms with Gasteiger partial charge in [-0.15, -0.1) is 0 Å². The number of aromatic amines is 1. The van der Waals surface area contributed by atoms with Crippen molar-refractivity contribution in [3.05, 3.63) is 22.1 Å². The molecule has 1 fully saturated rings. The van der Waals surface area contributed by atoms with Crippen LogP contribution >= 0.6 is 0 Å². The minimum absolute atomic E-state index is 0.135. The van der Waals surface area contributed by atoms with E-state index in [1.165, 1.54) is 0 Å². The number of nitrogens with zero attached hydrogens (tertiary/aromatic N) is 1. The largest absolute Gasteiger partial charge is 0.353 e. The first kappa shape index (κ1) is 9.11. The normalized spacial score (nSPS) is 15.9. The summed E-state index contributed by atoms with van der Waals surface area (Å²) in [5, 5.41) is 2.85. The summed E-state index contributed by atoms with van der Waals surface area (Å²) in [7, 11) is 0. The Kier molecular flexibility index (Phi) is 2.18. The molecule has 0 bridgehead atoms. The predicted octanol–water partition coefficient (Wildman–Crippen LogP) is 1.28. The molecule has 1 aliphatic rings. The summed E-state index contributed by atoms with van der Waals surface area (Å²) in [6, 6.07) is 1.08. The molecule has 1 aromatic heterocycles. The highest BCUT2D eigenvalue weighted by Gasteiger charge is 2.22. The Morgan fingerprint density at radius 3 is 2.86 bits per heavy atom. The van der Waals surface area contributed by atoms with Crippen molar-refractivity contribution >= 4 is 5.95 Å². The van der Waals surface area contributed by atoms with E-state index in [0.29, 0.717) is 0 Å². The Bertz CT molecular complexity index is 386. The molecule has 76 valence electrons. The number of rotatable bonds is 3. The van der Waals surface area contributed by atoms with Gasteiger partial charge in [-0.3, -0.25) is 9.78 Å². The lowest BCUT2D eigenvalue weighted by molar-refractivity contribution is 0.146. The van der Waals surface area contributed by atoms with Gasteiger partial charge in [-0.05, 0) is 12.8 Å². The topological polar surface area (TPSA) is 57.8 Å². The monoisotopic (exact) mass is 201 g/mol. The second-order valence-electron chi connectivity index (χ2n) is 3.24. The smallest absolute Gasteiger partial charge is 0.280 e. The van der Waals surface area contributed by atoms with Gasteiger partial charge in [0.1, 0.15) is 5.69 Å². The van der Waals surface area contributed by atoms with Gasteiger partial charge in [0.25, 0.3) is 12.0 Å². The minimum Gasteiger partial charge on any atom is -0.353 e. The van der Waals surface area contributed by atoms with E-state index in [1.54, 1.807) is 0 Å². The maximum Gasteiger partial charge on any atom is 0.280 e. The molecule has 2 rings (SSSR count). The highest BCUT2D eigenvalue weighted by molar-refractivity contribution is 5.29. The summed E-state index contributed by atoms with van der Waals surface area (Å²) in [4.78, 5) is 16.9. The van der Waals surface area contributed by atoms with Crippen LogP contribution in [0.4, 0.5) is 14.7 Å². The Balaban J connectivity index is 2.25. The molecule has 1 aliphatic carbocycles. The number of hydrogen-bond donors (Lipinski definition) is 2. The van der Waals surface area contributed by atoms with Crippen LogP contribution in [-0.4, -0.2) is 16.0 Å². The molecule has 0 spiro atoms. The van der Waals surface area contributed by atoms with Crippen LogP contribution in [0.3, 0.4) is 0 Å². The third kappa shape index (κ3) is 2.07. The van der Waals surface area contributed by atoms with Gasteiger partial charge in [0, 0.05) is 12.1 Å². The van der Waals surface area contributed by atoms with Crippen molar-refractivity contribution in [3.63, 3.8) is 0 Å². The highest BCUT2D eigenvalue weighted by Crippen LogP contribution is 2.23. The predicted molar refractivity (Wildman–Crippen MR) is 46.5 cm³/mol. The lowest BCUT2D eigenvalue weighted by Crippen LogP contribution is -2.15. The van der Waals surface area contributed by atoms with Crippen molar-refractivity contribution in [1.82, 2.24) is 9.97 Å². The molecule has 14 heavy (non-hydrogen) atoms. The number of anilines is 1. The molecule has 0 radical (unpaired) electrons. The summed E-state index contributed by atoms with van der Waals surface area (Å²) in [5.74, 6) is 0.135. The van der Waals surface area contributed by atoms with E-state index in [0.717, 1.165) is 18.9 Å². The van der Waals surface area contributed by atoms with Crippen LogP contribution in [0.15, 0.2) is 10.9 Å². The van der Waals surface area contributed by atoms with Gasteiger partial charge in [0.2, 0.25) is 5.95 Å². The SMILES string of the molecule is O=c1cc(C(F)F)nc(NC2CC2)[nH]1. The molecule has 0 aliphatic heterocycles. The zero-order valence-corrected chi connectivity index (χ0v) is 7.26. The number of aromatic nitrogens is 2. The Labute approximate surface area is 78.4 Å². The number of hydrogen-bond acceptors (Lipinski definition) is 3. The van der Waals surface area contributed by atoms with Crippen molar-refractivity contribution in [2.45, 2.75) is 25.3 Å². The van der Waals surface area contributed by atoms with Crippen molar-refractivity contribution < 1.29 is 8.78 Å². The van der Waals surface area contributed by atoms with Crippen LogP contribution in [0.2, 0.25) is 0 Å². The van der Waals surface area contributed by atoms with E-state index in [9.17, 15) is 13.6 Å². The summed E-state index contributed by atoms with van der Waals surface area (Å²) in [5.41, 5.74) is -1.05. The minimum atomic E-state index is -2.71. The fourth-order valence-corrected chi connectivity index (χ4v) is 1.08. The molecule has 0 atom stereocenters. The van der Waals surface area contributed by atoms with Gasteiger partial charge in [0.05, 0.1) is 0 Å². The molecular weight excluding hydrogens is 192 g/mol. The zero-order chi connectivity index (χ0) is 10.1. The first-order valence-corrected chi connectivity index (χ1v) is 4.31. The number of nitrogens with one attached hydrogen (secondary N) is 2. The van der Waals surface area contributed by atoms with E-state index in [1.807, 2.05) is 0 Å². The summed E-state index contributed by atoms with van der Waals surface area (Å²) in [6.45, 7) is 0. The van der Waals surface area contributed by atoms with Crippen LogP contribution in [-0.2, 0) is 0 Å². The van der Waals surface area contributed by atoms with Crippen LogP contribution in [0.25, 0.3) is 0 Å². The molecular formula is C8H9F2N3O.